The van der Waals surface area contributed by atoms with E-state index in [2.05, 4.69) is 9.88 Å². The highest BCUT2D eigenvalue weighted by atomic mass is 16.3. The molecule has 7 nitrogen and oxygen atoms in total. The lowest BCUT2D eigenvalue weighted by Gasteiger charge is -2.37. The molecule has 2 aliphatic rings. The van der Waals surface area contributed by atoms with Gasteiger partial charge in [0.1, 0.15) is 11.8 Å². The summed E-state index contributed by atoms with van der Waals surface area (Å²) in [5.41, 5.74) is 1.48. The molecular weight excluding hydrogens is 416 g/mol. The number of phenolic OH excluding ortho intramolecular Hbond substituents is 1. The number of likely N-dealkylation sites (tertiary alicyclic amines) is 1. The van der Waals surface area contributed by atoms with Gasteiger partial charge in [-0.1, -0.05) is 30.3 Å². The fourth-order valence-corrected chi connectivity index (χ4v) is 4.93. The van der Waals surface area contributed by atoms with E-state index in [4.69, 9.17) is 0 Å². The average Bonchev–Trinajstić information content (AvgIpc) is 3.35. The summed E-state index contributed by atoms with van der Waals surface area (Å²) in [6.45, 7) is 4.30. The highest BCUT2D eigenvalue weighted by Gasteiger charge is 2.38. The fourth-order valence-electron chi connectivity index (χ4n) is 4.93. The van der Waals surface area contributed by atoms with E-state index in [-0.39, 0.29) is 23.1 Å². The van der Waals surface area contributed by atoms with Gasteiger partial charge in [-0.3, -0.25) is 19.5 Å². The number of aromatic hydroxyl groups is 1. The van der Waals surface area contributed by atoms with E-state index in [0.717, 1.165) is 31.4 Å². The maximum Gasteiger partial charge on any atom is 0.258 e. The molecule has 3 aromatic rings. The van der Waals surface area contributed by atoms with Gasteiger partial charge in [0.05, 0.1) is 5.56 Å². The summed E-state index contributed by atoms with van der Waals surface area (Å²) in [7, 11) is 0. The normalized spacial score (nSPS) is 19.2. The van der Waals surface area contributed by atoms with E-state index in [1.54, 1.807) is 29.4 Å². The topological polar surface area (TPSA) is 77.0 Å². The number of carbonyl (C=O) groups is 2. The van der Waals surface area contributed by atoms with Crippen molar-refractivity contribution in [2.24, 2.45) is 0 Å². The first-order valence-electron chi connectivity index (χ1n) is 11.5. The molecule has 3 heterocycles. The Bertz CT molecular complexity index is 1160. The molecule has 2 aromatic carbocycles. The minimum atomic E-state index is -0.463. The van der Waals surface area contributed by atoms with Crippen molar-refractivity contribution in [2.75, 3.05) is 32.7 Å². The Morgan fingerprint density at radius 1 is 0.939 bits per heavy atom. The molecule has 5 rings (SSSR count). The van der Waals surface area contributed by atoms with Crippen molar-refractivity contribution in [2.45, 2.75) is 25.4 Å². The number of fused-ring (bicyclic) bond motifs is 1. The molecule has 33 heavy (non-hydrogen) atoms. The second-order valence-electron chi connectivity index (χ2n) is 8.80. The van der Waals surface area contributed by atoms with Crippen LogP contribution in [0.1, 0.15) is 28.8 Å². The number of piperazine rings is 1. The summed E-state index contributed by atoms with van der Waals surface area (Å²) in [4.78, 5) is 36.6. The maximum atomic E-state index is 13.4. The predicted octanol–water partition coefficient (Wildman–Crippen LogP) is 2.89. The number of benzene rings is 2. The highest BCUT2D eigenvalue weighted by molar-refractivity contribution is 6.05. The zero-order valence-corrected chi connectivity index (χ0v) is 18.6. The molecule has 2 aliphatic heterocycles. The quantitative estimate of drug-likeness (QED) is 0.670. The third-order valence-corrected chi connectivity index (χ3v) is 6.77. The summed E-state index contributed by atoms with van der Waals surface area (Å²) < 4.78 is 0. The Labute approximate surface area is 193 Å². The highest BCUT2D eigenvalue weighted by Crippen LogP contribution is 2.31. The van der Waals surface area contributed by atoms with Gasteiger partial charge >= 0.3 is 0 Å². The lowest BCUT2D eigenvalue weighted by molar-refractivity contribution is -0.137. The van der Waals surface area contributed by atoms with Gasteiger partial charge in [0.25, 0.3) is 5.91 Å². The zero-order valence-electron chi connectivity index (χ0n) is 18.6. The summed E-state index contributed by atoms with van der Waals surface area (Å²) in [6.07, 6.45) is 5.05. The minimum absolute atomic E-state index is 0.0130. The fraction of sp³-hybridized carbons (Fsp3) is 0.346. The predicted molar refractivity (Wildman–Crippen MR) is 126 cm³/mol. The van der Waals surface area contributed by atoms with Crippen LogP contribution in [0.2, 0.25) is 0 Å². The van der Waals surface area contributed by atoms with E-state index in [9.17, 15) is 14.7 Å². The van der Waals surface area contributed by atoms with Crippen molar-refractivity contribution >= 4 is 22.6 Å². The van der Waals surface area contributed by atoms with Gasteiger partial charge in [0.2, 0.25) is 5.91 Å². The molecular formula is C26H28N4O3. The number of rotatable bonds is 4. The van der Waals surface area contributed by atoms with Crippen LogP contribution in [-0.2, 0) is 11.3 Å². The number of nitrogens with zero attached hydrogens (tertiary/aromatic N) is 4. The molecule has 1 N–H and O–H groups in total. The van der Waals surface area contributed by atoms with Crippen LogP contribution >= 0.6 is 0 Å². The lowest BCUT2D eigenvalue weighted by Crippen LogP contribution is -2.54. The molecule has 0 bridgehead atoms. The molecule has 0 spiro atoms. The molecule has 2 fully saturated rings. The van der Waals surface area contributed by atoms with Crippen molar-refractivity contribution in [3.8, 4) is 5.75 Å². The van der Waals surface area contributed by atoms with Crippen molar-refractivity contribution in [3.05, 3.63) is 72.1 Å². The molecule has 1 atom stereocenters. The Morgan fingerprint density at radius 2 is 1.70 bits per heavy atom. The first-order valence-corrected chi connectivity index (χ1v) is 11.5. The Balaban J connectivity index is 1.26. The number of hydrogen-bond donors (Lipinski definition) is 1. The van der Waals surface area contributed by atoms with Gasteiger partial charge < -0.3 is 14.9 Å². The smallest absolute Gasteiger partial charge is 0.258 e. The average molecular weight is 445 g/mol. The molecule has 0 aliphatic carbocycles. The van der Waals surface area contributed by atoms with Gasteiger partial charge in [0, 0.05) is 57.0 Å². The molecule has 170 valence electrons. The Kier molecular flexibility index (Phi) is 5.96. The molecule has 1 aromatic heterocycles. The first-order chi connectivity index (χ1) is 16.1. The standard InChI is InChI=1S/C26H28N4O3/c31-24-21-5-2-1-4-20(21)7-8-22(24)25(32)30-13-3-6-23(30)26(33)29-16-14-28(15-17-29)18-19-9-11-27-12-10-19/h1-2,4-5,7-12,23,31H,3,6,13-18H2. The molecule has 0 radical (unpaired) electrons. The summed E-state index contributed by atoms with van der Waals surface area (Å²) in [6, 6.07) is 14.5. The monoisotopic (exact) mass is 444 g/mol. The Morgan fingerprint density at radius 3 is 2.48 bits per heavy atom. The minimum Gasteiger partial charge on any atom is -0.506 e. The number of phenols is 1. The van der Waals surface area contributed by atoms with Crippen LogP contribution in [0.5, 0.6) is 5.75 Å². The van der Waals surface area contributed by atoms with Crippen LogP contribution in [0.15, 0.2) is 60.9 Å². The largest absolute Gasteiger partial charge is 0.506 e. The molecule has 2 saturated heterocycles. The van der Waals surface area contributed by atoms with E-state index in [0.29, 0.717) is 31.4 Å². The van der Waals surface area contributed by atoms with E-state index in [1.165, 1.54) is 5.56 Å². The van der Waals surface area contributed by atoms with Gasteiger partial charge in [-0.2, -0.15) is 0 Å². The number of amides is 2. The molecule has 0 saturated carbocycles. The third kappa shape index (κ3) is 4.28. The van der Waals surface area contributed by atoms with Crippen LogP contribution in [0.4, 0.5) is 0 Å². The maximum absolute atomic E-state index is 13.4. The molecule has 1 unspecified atom stereocenters. The summed E-state index contributed by atoms with van der Waals surface area (Å²) in [5, 5.41) is 12.3. The van der Waals surface area contributed by atoms with Gasteiger partial charge in [0.15, 0.2) is 0 Å². The number of pyridine rings is 1. The van der Waals surface area contributed by atoms with Crippen molar-refractivity contribution < 1.29 is 14.7 Å². The van der Waals surface area contributed by atoms with E-state index >= 15 is 0 Å². The first kappa shape index (κ1) is 21.4. The van der Waals surface area contributed by atoms with Gasteiger partial charge in [-0.15, -0.1) is 0 Å². The van der Waals surface area contributed by atoms with Crippen LogP contribution in [0.25, 0.3) is 10.8 Å². The van der Waals surface area contributed by atoms with Crippen LogP contribution in [0, 0.1) is 0 Å². The number of hydrogen-bond acceptors (Lipinski definition) is 5. The summed E-state index contributed by atoms with van der Waals surface area (Å²) in [5.74, 6) is -0.268. The van der Waals surface area contributed by atoms with E-state index < -0.39 is 6.04 Å². The van der Waals surface area contributed by atoms with Crippen LogP contribution in [0.3, 0.4) is 0 Å². The van der Waals surface area contributed by atoms with Crippen molar-refractivity contribution in [1.82, 2.24) is 19.7 Å². The SMILES string of the molecule is O=C(C1CCCN1C(=O)c1ccc2ccccc2c1O)N1CCN(Cc2ccncc2)CC1. The molecule has 2 amide bonds. The second-order valence-corrected chi connectivity index (χ2v) is 8.80. The zero-order chi connectivity index (χ0) is 22.8. The van der Waals surface area contributed by atoms with Crippen molar-refractivity contribution in [1.29, 1.82) is 0 Å². The Hall–Kier alpha value is -3.45. The lowest BCUT2D eigenvalue weighted by atomic mass is 10.0. The van der Waals surface area contributed by atoms with Crippen LogP contribution in [-0.4, -0.2) is 75.4 Å². The molecule has 7 heteroatoms. The van der Waals surface area contributed by atoms with Gasteiger partial charge in [-0.25, -0.2) is 0 Å². The van der Waals surface area contributed by atoms with Crippen molar-refractivity contribution in [3.63, 3.8) is 0 Å². The van der Waals surface area contributed by atoms with E-state index in [1.807, 2.05) is 41.3 Å². The number of aromatic nitrogens is 1. The van der Waals surface area contributed by atoms with Crippen LogP contribution < -0.4 is 0 Å². The second kappa shape index (κ2) is 9.19. The summed E-state index contributed by atoms with van der Waals surface area (Å²) >= 11 is 0. The number of carbonyl (C=O) groups excluding carboxylic acids is 2. The van der Waals surface area contributed by atoms with Gasteiger partial charge in [-0.05, 0) is 42.0 Å². The third-order valence-electron chi connectivity index (χ3n) is 6.77.